The summed E-state index contributed by atoms with van der Waals surface area (Å²) in [6.07, 6.45) is -7.92. The van der Waals surface area contributed by atoms with Gasteiger partial charge in [-0.15, -0.1) is 0 Å². The molecule has 0 amide bonds. The zero-order chi connectivity index (χ0) is 21.5. The van der Waals surface area contributed by atoms with Gasteiger partial charge >= 0.3 is 5.97 Å². The Morgan fingerprint density at radius 3 is 2.46 bits per heavy atom. The highest BCUT2D eigenvalue weighted by Gasteiger charge is 2.46. The van der Waals surface area contributed by atoms with Crippen molar-refractivity contribution < 1.29 is 49.6 Å². The van der Waals surface area contributed by atoms with Gasteiger partial charge in [-0.1, -0.05) is 6.92 Å². The van der Waals surface area contributed by atoms with Crippen molar-refractivity contribution >= 4 is 5.97 Å². The number of hydrogen-bond donors (Lipinski definition) is 6. The summed E-state index contributed by atoms with van der Waals surface area (Å²) in [5, 5.41) is 67.2. The maximum absolute atomic E-state index is 12.1. The summed E-state index contributed by atoms with van der Waals surface area (Å²) in [6.45, 7) is 1.36. The van der Waals surface area contributed by atoms with E-state index < -0.39 is 61.6 Å². The molecule has 1 aliphatic heterocycles. The molecular weight excluding hydrogens is 378 g/mol. The predicted octanol–water partition coefficient (Wildman–Crippen LogP) is -2.68. The fraction of sp³-hybridized carbons (Fsp3) is 0.765. The normalized spacial score (nSPS) is 31.5. The highest BCUT2D eigenvalue weighted by atomic mass is 16.7. The lowest BCUT2D eigenvalue weighted by atomic mass is 9.95. The topological polar surface area (TPSA) is 190 Å². The molecule has 0 bridgehead atoms. The van der Waals surface area contributed by atoms with Crippen LogP contribution in [0.2, 0.25) is 0 Å². The van der Waals surface area contributed by atoms with E-state index in [1.54, 1.807) is 6.07 Å². The van der Waals surface area contributed by atoms with Crippen LogP contribution in [-0.2, 0) is 19.0 Å². The first-order chi connectivity index (χ1) is 13.1. The smallest absolute Gasteiger partial charge is 0.340 e. The molecule has 28 heavy (non-hydrogen) atoms. The zero-order valence-electron chi connectivity index (χ0n) is 15.6. The predicted molar refractivity (Wildman–Crippen MR) is 91.3 cm³/mol. The van der Waals surface area contributed by atoms with Crippen LogP contribution in [0.1, 0.15) is 20.3 Å². The molecule has 6 N–H and O–H groups in total. The minimum Gasteiger partial charge on any atom is -0.461 e. The lowest BCUT2D eigenvalue weighted by molar-refractivity contribution is -0.300. The Kier molecular flexibility index (Phi) is 9.42. The van der Waals surface area contributed by atoms with Gasteiger partial charge in [0.15, 0.2) is 11.9 Å². The molecule has 1 rings (SSSR count). The first-order valence-electron chi connectivity index (χ1n) is 8.71. The van der Waals surface area contributed by atoms with Crippen LogP contribution in [0, 0.1) is 11.3 Å². The lowest BCUT2D eigenvalue weighted by Crippen LogP contribution is -2.60. The summed E-state index contributed by atoms with van der Waals surface area (Å²) in [5.74, 6) is -1.14. The van der Waals surface area contributed by atoms with Gasteiger partial charge in [0.1, 0.15) is 31.0 Å². The largest absolute Gasteiger partial charge is 0.461 e. The minimum absolute atomic E-state index is 0.0216. The molecular formula is C17H27NO10. The standard InChI is InChI=1S/C17H27NO10/c1-3-17(25,9(2)20)16(24)27-8-11-12(21)13(22)14(23)15(28-11)26-5-4-10(6-18)7-19/h4,9,11-15,19-23,25H,3,5,7-8H2,1-2H3/t9-,11-,12-,13+,14-,15-,17+/m1/s1. The number of ether oxygens (including phenoxy) is 3. The molecule has 0 aromatic carbocycles. The molecule has 7 atom stereocenters. The van der Waals surface area contributed by atoms with Crippen molar-refractivity contribution in [1.29, 1.82) is 5.26 Å². The van der Waals surface area contributed by atoms with Gasteiger partial charge in [-0.3, -0.25) is 0 Å². The van der Waals surface area contributed by atoms with Crippen molar-refractivity contribution in [3.63, 3.8) is 0 Å². The van der Waals surface area contributed by atoms with Crippen LogP contribution >= 0.6 is 0 Å². The van der Waals surface area contributed by atoms with E-state index >= 15 is 0 Å². The van der Waals surface area contributed by atoms with Crippen LogP contribution in [0.25, 0.3) is 0 Å². The number of carbonyl (C=O) groups is 1. The van der Waals surface area contributed by atoms with Gasteiger partial charge in [0.05, 0.1) is 31.0 Å². The number of esters is 1. The molecule has 0 aromatic rings. The molecule has 0 aliphatic carbocycles. The van der Waals surface area contributed by atoms with Gasteiger partial charge < -0.3 is 44.8 Å². The van der Waals surface area contributed by atoms with E-state index in [0.29, 0.717) is 0 Å². The lowest BCUT2D eigenvalue weighted by Gasteiger charge is -2.40. The Morgan fingerprint density at radius 2 is 1.96 bits per heavy atom. The third-order valence-corrected chi connectivity index (χ3v) is 4.53. The summed E-state index contributed by atoms with van der Waals surface area (Å²) in [6, 6.07) is 1.72. The molecule has 1 heterocycles. The Morgan fingerprint density at radius 1 is 1.32 bits per heavy atom. The first-order valence-corrected chi connectivity index (χ1v) is 8.71. The van der Waals surface area contributed by atoms with Crippen LogP contribution in [-0.4, -0.2) is 98.8 Å². The van der Waals surface area contributed by atoms with Gasteiger partial charge in [0.25, 0.3) is 0 Å². The zero-order valence-corrected chi connectivity index (χ0v) is 15.6. The van der Waals surface area contributed by atoms with Crippen LogP contribution < -0.4 is 0 Å². The highest BCUT2D eigenvalue weighted by molar-refractivity contribution is 5.80. The van der Waals surface area contributed by atoms with Crippen LogP contribution in [0.4, 0.5) is 0 Å². The van der Waals surface area contributed by atoms with Gasteiger partial charge in [-0.2, -0.15) is 5.26 Å². The van der Waals surface area contributed by atoms with Gasteiger partial charge in [0, 0.05) is 0 Å². The molecule has 0 aromatic heterocycles. The summed E-state index contributed by atoms with van der Waals surface area (Å²) in [4.78, 5) is 12.1. The second kappa shape index (κ2) is 10.8. The molecule has 11 nitrogen and oxygen atoms in total. The number of rotatable bonds is 9. The number of nitriles is 1. The van der Waals surface area contributed by atoms with Crippen LogP contribution in [0.15, 0.2) is 11.6 Å². The van der Waals surface area contributed by atoms with Crippen molar-refractivity contribution in [2.45, 2.75) is 62.7 Å². The Bertz CT molecular complexity index is 589. The number of aliphatic hydroxyl groups is 6. The maximum atomic E-state index is 12.1. The summed E-state index contributed by atoms with van der Waals surface area (Å²) in [7, 11) is 0. The fourth-order valence-electron chi connectivity index (χ4n) is 2.47. The maximum Gasteiger partial charge on any atom is 0.340 e. The Labute approximate surface area is 162 Å². The van der Waals surface area contributed by atoms with Crippen molar-refractivity contribution in [3.05, 3.63) is 11.6 Å². The number of carbonyl (C=O) groups excluding carboxylic acids is 1. The third kappa shape index (κ3) is 5.69. The van der Waals surface area contributed by atoms with Crippen molar-refractivity contribution in [2.24, 2.45) is 0 Å². The first kappa shape index (κ1) is 24.4. The van der Waals surface area contributed by atoms with E-state index in [1.165, 1.54) is 19.9 Å². The van der Waals surface area contributed by atoms with E-state index in [2.05, 4.69) is 0 Å². The molecule has 1 aliphatic rings. The van der Waals surface area contributed by atoms with Crippen molar-refractivity contribution in [3.8, 4) is 6.07 Å². The second-order valence-corrected chi connectivity index (χ2v) is 6.40. The summed E-state index contributed by atoms with van der Waals surface area (Å²) in [5.41, 5.74) is -2.12. The SMILES string of the molecule is CC[C@@](O)(C(=O)OC[C@H]1O[C@@H](OCC=C(C#N)CO)[C@H](O)[C@@H](O)[C@@H]1O)[C@@H](C)O. The Hall–Kier alpha value is -1.62. The van der Waals surface area contributed by atoms with E-state index in [4.69, 9.17) is 24.6 Å². The molecule has 0 saturated carbocycles. The quantitative estimate of drug-likeness (QED) is 0.173. The van der Waals surface area contributed by atoms with E-state index in [9.17, 15) is 30.3 Å². The molecule has 0 radical (unpaired) electrons. The molecule has 1 saturated heterocycles. The van der Waals surface area contributed by atoms with E-state index in [-0.39, 0.29) is 18.6 Å². The van der Waals surface area contributed by atoms with E-state index in [0.717, 1.165) is 0 Å². The molecule has 0 spiro atoms. The van der Waals surface area contributed by atoms with Crippen molar-refractivity contribution in [1.82, 2.24) is 0 Å². The second-order valence-electron chi connectivity index (χ2n) is 6.40. The van der Waals surface area contributed by atoms with Crippen LogP contribution in [0.3, 0.4) is 0 Å². The number of hydrogen-bond acceptors (Lipinski definition) is 11. The highest BCUT2D eigenvalue weighted by Crippen LogP contribution is 2.24. The molecule has 11 heteroatoms. The van der Waals surface area contributed by atoms with E-state index in [1.807, 2.05) is 0 Å². The fourth-order valence-corrected chi connectivity index (χ4v) is 2.47. The van der Waals surface area contributed by atoms with Gasteiger partial charge in [0.2, 0.25) is 0 Å². The molecule has 1 fully saturated rings. The third-order valence-electron chi connectivity index (χ3n) is 4.53. The minimum atomic E-state index is -2.14. The molecule has 0 unspecified atom stereocenters. The molecule has 160 valence electrons. The number of aliphatic hydroxyl groups excluding tert-OH is 5. The van der Waals surface area contributed by atoms with Gasteiger partial charge in [-0.25, -0.2) is 4.79 Å². The Balaban J connectivity index is 2.74. The summed E-state index contributed by atoms with van der Waals surface area (Å²) >= 11 is 0. The van der Waals surface area contributed by atoms with Gasteiger partial charge in [-0.05, 0) is 19.4 Å². The van der Waals surface area contributed by atoms with Crippen molar-refractivity contribution in [2.75, 3.05) is 19.8 Å². The van der Waals surface area contributed by atoms with Crippen LogP contribution in [0.5, 0.6) is 0 Å². The monoisotopic (exact) mass is 405 g/mol. The summed E-state index contributed by atoms with van der Waals surface area (Å²) < 4.78 is 15.4. The average molecular weight is 405 g/mol. The number of nitrogens with zero attached hydrogens (tertiary/aromatic N) is 1. The average Bonchev–Trinajstić information content (AvgIpc) is 2.68.